The Morgan fingerprint density at radius 1 is 0.739 bits per heavy atom. The van der Waals surface area contributed by atoms with E-state index in [1.54, 1.807) is 0 Å². The molecule has 0 spiro atoms. The molecule has 1 heterocycles. The van der Waals surface area contributed by atoms with Crippen LogP contribution in [0.2, 0.25) is 0 Å². The number of nitrogens with one attached hydrogen (secondary N) is 1. The number of carbonyl (C=O) groups excluding carboxylic acids is 1. The molecule has 1 unspecified atom stereocenters. The van der Waals surface area contributed by atoms with E-state index in [-0.39, 0.29) is 5.91 Å². The van der Waals surface area contributed by atoms with E-state index in [9.17, 15) is 4.79 Å². The highest BCUT2D eigenvalue weighted by Crippen LogP contribution is 2.42. The van der Waals surface area contributed by atoms with Crippen molar-refractivity contribution in [2.75, 3.05) is 0 Å². The van der Waals surface area contributed by atoms with E-state index in [1.165, 1.54) is 5.56 Å². The third kappa shape index (κ3) is 1.99. The van der Waals surface area contributed by atoms with Gasteiger partial charge < -0.3 is 5.32 Å². The van der Waals surface area contributed by atoms with E-state index in [0.29, 0.717) is 0 Å². The van der Waals surface area contributed by atoms with Crippen LogP contribution in [-0.2, 0) is 5.54 Å². The van der Waals surface area contributed by atoms with Crippen molar-refractivity contribution >= 4 is 5.91 Å². The second kappa shape index (κ2) is 5.10. The van der Waals surface area contributed by atoms with Crippen LogP contribution >= 0.6 is 0 Å². The second-order valence-corrected chi connectivity index (χ2v) is 5.98. The van der Waals surface area contributed by atoms with Crippen molar-refractivity contribution in [1.29, 1.82) is 0 Å². The number of carbonyl (C=O) groups is 1. The highest BCUT2D eigenvalue weighted by atomic mass is 16.2. The molecule has 1 aliphatic heterocycles. The van der Waals surface area contributed by atoms with Crippen LogP contribution in [0.1, 0.15) is 32.6 Å². The van der Waals surface area contributed by atoms with Gasteiger partial charge in [0.25, 0.3) is 5.91 Å². The first-order chi connectivity index (χ1) is 11.2. The molecule has 0 saturated heterocycles. The van der Waals surface area contributed by atoms with Crippen LogP contribution in [0.3, 0.4) is 0 Å². The van der Waals surface area contributed by atoms with Crippen molar-refractivity contribution in [2.45, 2.75) is 12.5 Å². The zero-order valence-electron chi connectivity index (χ0n) is 12.9. The molecule has 0 radical (unpaired) electrons. The van der Waals surface area contributed by atoms with Crippen LogP contribution < -0.4 is 5.32 Å². The number of hydrogen-bond donors (Lipinski definition) is 1. The predicted molar refractivity (Wildman–Crippen MR) is 91.4 cm³/mol. The molecule has 23 heavy (non-hydrogen) atoms. The number of benzene rings is 3. The minimum atomic E-state index is -0.622. The van der Waals surface area contributed by atoms with Gasteiger partial charge in [0.1, 0.15) is 5.54 Å². The van der Waals surface area contributed by atoms with Gasteiger partial charge in [0.05, 0.1) is 0 Å². The fourth-order valence-electron chi connectivity index (χ4n) is 3.43. The number of amides is 1. The van der Waals surface area contributed by atoms with Crippen LogP contribution in [0.4, 0.5) is 0 Å². The van der Waals surface area contributed by atoms with Gasteiger partial charge in [-0.15, -0.1) is 0 Å². The molecule has 1 aliphatic rings. The van der Waals surface area contributed by atoms with E-state index < -0.39 is 5.54 Å². The lowest BCUT2D eigenvalue weighted by molar-refractivity contribution is 0.0948. The van der Waals surface area contributed by atoms with Crippen LogP contribution in [0.5, 0.6) is 0 Å². The van der Waals surface area contributed by atoms with E-state index >= 15 is 0 Å². The summed E-state index contributed by atoms with van der Waals surface area (Å²) >= 11 is 0. The second-order valence-electron chi connectivity index (χ2n) is 5.98. The first-order valence-corrected chi connectivity index (χ1v) is 7.76. The summed E-state index contributed by atoms with van der Waals surface area (Å²) in [5, 5.41) is 3.25. The van der Waals surface area contributed by atoms with Crippen LogP contribution in [0.15, 0.2) is 78.9 Å². The third-order valence-electron chi connectivity index (χ3n) is 4.57. The normalized spacial score (nSPS) is 19.3. The van der Waals surface area contributed by atoms with Gasteiger partial charge in [0, 0.05) is 5.56 Å². The Morgan fingerprint density at radius 3 is 2.09 bits per heavy atom. The van der Waals surface area contributed by atoms with Crippen molar-refractivity contribution in [3.63, 3.8) is 0 Å². The lowest BCUT2D eigenvalue weighted by Crippen LogP contribution is -2.41. The highest BCUT2D eigenvalue weighted by molar-refractivity contribution is 6.01. The smallest absolute Gasteiger partial charge is 0.252 e. The highest BCUT2D eigenvalue weighted by Gasteiger charge is 2.45. The lowest BCUT2D eigenvalue weighted by Gasteiger charge is -2.32. The van der Waals surface area contributed by atoms with Crippen molar-refractivity contribution < 1.29 is 4.79 Å². The van der Waals surface area contributed by atoms with Crippen molar-refractivity contribution in [3.05, 3.63) is 107 Å². The van der Waals surface area contributed by atoms with Gasteiger partial charge in [-0.2, -0.15) is 0 Å². The monoisotopic (exact) mass is 299 g/mol. The van der Waals surface area contributed by atoms with E-state index in [0.717, 1.165) is 22.3 Å². The Labute approximate surface area is 135 Å². The molecule has 3 aromatic carbocycles. The largest absolute Gasteiger partial charge is 0.334 e. The summed E-state index contributed by atoms with van der Waals surface area (Å²) in [6.45, 7) is 2.07. The summed E-state index contributed by atoms with van der Waals surface area (Å²) in [4.78, 5) is 12.6. The summed E-state index contributed by atoms with van der Waals surface area (Å²) in [6.07, 6.45) is 0. The first kappa shape index (κ1) is 13.8. The summed E-state index contributed by atoms with van der Waals surface area (Å²) in [5.41, 5.74) is 4.49. The maximum atomic E-state index is 12.6. The predicted octanol–water partition coefficient (Wildman–Crippen LogP) is 4.03. The molecule has 2 nitrogen and oxygen atoms in total. The average molecular weight is 299 g/mol. The summed E-state index contributed by atoms with van der Waals surface area (Å²) in [5.74, 6) is -0.0231. The number of hydrogen-bond acceptors (Lipinski definition) is 1. The van der Waals surface area contributed by atoms with Crippen LogP contribution in [0, 0.1) is 6.92 Å². The Balaban J connectivity index is 2.04. The molecule has 2 heteroatoms. The standard InChI is InChI=1S/C21H17NO/c1-15-11-13-17(14-12-15)21(16-7-3-2-4-8-16)19-10-6-5-9-18(19)20(23)22-21/h2-14H,1H3,(H,22,23). The van der Waals surface area contributed by atoms with Gasteiger partial charge in [-0.25, -0.2) is 0 Å². The Hall–Kier alpha value is -2.87. The lowest BCUT2D eigenvalue weighted by atomic mass is 9.78. The molecule has 1 amide bonds. The SMILES string of the molecule is Cc1ccc(C2(c3ccccc3)NC(=O)c3ccccc32)cc1. The number of rotatable bonds is 2. The molecule has 0 bridgehead atoms. The minimum Gasteiger partial charge on any atom is -0.334 e. The zero-order chi connectivity index (χ0) is 15.9. The Bertz CT molecular complexity index is 868. The van der Waals surface area contributed by atoms with Gasteiger partial charge >= 0.3 is 0 Å². The molecule has 0 aliphatic carbocycles. The van der Waals surface area contributed by atoms with Gasteiger partial charge in [0.15, 0.2) is 0 Å². The number of aryl methyl sites for hydroxylation is 1. The van der Waals surface area contributed by atoms with Gasteiger partial charge in [-0.05, 0) is 29.7 Å². The molecule has 1 N–H and O–H groups in total. The quantitative estimate of drug-likeness (QED) is 0.760. The minimum absolute atomic E-state index is 0.0231. The van der Waals surface area contributed by atoms with Crippen LogP contribution in [-0.4, -0.2) is 5.91 Å². The molecule has 112 valence electrons. The van der Waals surface area contributed by atoms with E-state index in [1.807, 2.05) is 42.5 Å². The van der Waals surface area contributed by atoms with Crippen molar-refractivity contribution in [1.82, 2.24) is 5.32 Å². The Morgan fingerprint density at radius 2 is 1.35 bits per heavy atom. The fourth-order valence-corrected chi connectivity index (χ4v) is 3.43. The number of fused-ring (bicyclic) bond motifs is 1. The average Bonchev–Trinajstić information content (AvgIpc) is 2.91. The molecule has 0 fully saturated rings. The summed E-state index contributed by atoms with van der Waals surface area (Å²) in [7, 11) is 0. The summed E-state index contributed by atoms with van der Waals surface area (Å²) in [6, 6.07) is 26.4. The molecule has 4 rings (SSSR count). The van der Waals surface area contributed by atoms with E-state index in [2.05, 4.69) is 48.6 Å². The Kier molecular flexibility index (Phi) is 3.05. The van der Waals surface area contributed by atoms with Gasteiger partial charge in [-0.3, -0.25) is 4.79 Å². The van der Waals surface area contributed by atoms with Crippen molar-refractivity contribution in [3.8, 4) is 0 Å². The maximum absolute atomic E-state index is 12.6. The summed E-state index contributed by atoms with van der Waals surface area (Å²) < 4.78 is 0. The van der Waals surface area contributed by atoms with Crippen LogP contribution in [0.25, 0.3) is 0 Å². The molecule has 3 aromatic rings. The van der Waals surface area contributed by atoms with Crippen molar-refractivity contribution in [2.24, 2.45) is 0 Å². The van der Waals surface area contributed by atoms with Gasteiger partial charge in [-0.1, -0.05) is 78.4 Å². The first-order valence-electron chi connectivity index (χ1n) is 7.76. The molecule has 0 aromatic heterocycles. The molecular formula is C21H17NO. The third-order valence-corrected chi connectivity index (χ3v) is 4.57. The topological polar surface area (TPSA) is 29.1 Å². The van der Waals surface area contributed by atoms with Gasteiger partial charge in [0.2, 0.25) is 0 Å². The molecule has 0 saturated carbocycles. The fraction of sp³-hybridized carbons (Fsp3) is 0.0952. The van der Waals surface area contributed by atoms with E-state index in [4.69, 9.17) is 0 Å². The molecular weight excluding hydrogens is 282 g/mol. The molecule has 1 atom stereocenters. The zero-order valence-corrected chi connectivity index (χ0v) is 12.9. The maximum Gasteiger partial charge on any atom is 0.252 e.